The van der Waals surface area contributed by atoms with Crippen LogP contribution in [0.5, 0.6) is 0 Å². The van der Waals surface area contributed by atoms with Crippen molar-refractivity contribution in [3.05, 3.63) is 69.7 Å². The van der Waals surface area contributed by atoms with E-state index < -0.39 is 34.1 Å². The molecular formula is C22H23B5ClF2N3O4. The van der Waals surface area contributed by atoms with Gasteiger partial charge >= 0.3 is 5.92 Å². The molecule has 0 aromatic heterocycles. The molecule has 0 saturated carbocycles. The lowest BCUT2D eigenvalue weighted by Gasteiger charge is -2.43. The first-order valence-corrected chi connectivity index (χ1v) is 12.2. The van der Waals surface area contributed by atoms with Crippen LogP contribution in [-0.2, 0) is 32.2 Å². The van der Waals surface area contributed by atoms with Crippen molar-refractivity contribution >= 4 is 74.7 Å². The molecule has 4 rings (SSSR count). The average molecular weight is 521 g/mol. The third-order valence-corrected chi connectivity index (χ3v) is 8.05. The number of piperidine rings is 1. The van der Waals surface area contributed by atoms with Crippen molar-refractivity contribution < 1.29 is 28.0 Å². The summed E-state index contributed by atoms with van der Waals surface area (Å²) in [7, 11) is 7.66. The number of hydrogen-bond acceptors (Lipinski definition) is 4. The second-order valence-corrected chi connectivity index (χ2v) is 10.7. The van der Waals surface area contributed by atoms with Crippen LogP contribution in [0.25, 0.3) is 0 Å². The molecule has 2 aliphatic rings. The van der Waals surface area contributed by atoms with Gasteiger partial charge in [0.25, 0.3) is 11.8 Å². The lowest BCUT2D eigenvalue weighted by Crippen LogP contribution is -2.64. The molecule has 0 aliphatic carbocycles. The van der Waals surface area contributed by atoms with Crippen LogP contribution in [-0.4, -0.2) is 83.1 Å². The van der Waals surface area contributed by atoms with E-state index in [1.165, 1.54) is 33.0 Å². The summed E-state index contributed by atoms with van der Waals surface area (Å²) < 4.78 is 30.2. The highest BCUT2D eigenvalue weighted by Crippen LogP contribution is 2.37. The Labute approximate surface area is 222 Å². The maximum Gasteiger partial charge on any atom is 0.348 e. The summed E-state index contributed by atoms with van der Waals surface area (Å²) >= 11 is 5.80. The van der Waals surface area contributed by atoms with E-state index in [2.05, 4.69) is 0 Å². The standard InChI is InChI=1S/C22H23B5ClF2N3O4/c23-20(8-7-16(34)32(26)18(20)36)31-10-11-9-13(3-6-15(11)17(31)35)22(24,25)33(27)19(37)21(29,30)12-1-4-14(28)5-2-12/h1-6,9H,7-8,10,23-27H2/t20-/m0/s1. The lowest BCUT2D eigenvalue weighted by atomic mass is 9.55. The topological polar surface area (TPSA) is 78.0 Å². The molecule has 4 amide bonds. The second kappa shape index (κ2) is 9.08. The highest BCUT2D eigenvalue weighted by atomic mass is 35.5. The lowest BCUT2D eigenvalue weighted by molar-refractivity contribution is -0.155. The van der Waals surface area contributed by atoms with Crippen LogP contribution in [0, 0.1) is 0 Å². The molecule has 37 heavy (non-hydrogen) atoms. The fourth-order valence-corrected chi connectivity index (χ4v) is 5.02. The quantitative estimate of drug-likeness (QED) is 0.333. The predicted octanol–water partition coefficient (Wildman–Crippen LogP) is -2.13. The van der Waals surface area contributed by atoms with Gasteiger partial charge in [0.1, 0.15) is 23.5 Å². The Morgan fingerprint density at radius 3 is 2.27 bits per heavy atom. The van der Waals surface area contributed by atoms with Crippen LogP contribution in [0.2, 0.25) is 5.02 Å². The minimum Gasteiger partial charge on any atom is -0.393 e. The van der Waals surface area contributed by atoms with Gasteiger partial charge in [0.15, 0.2) is 0 Å². The van der Waals surface area contributed by atoms with E-state index in [4.69, 9.17) is 11.6 Å². The predicted molar refractivity (Wildman–Crippen MR) is 147 cm³/mol. The average Bonchev–Trinajstić information content (AvgIpc) is 3.20. The maximum absolute atomic E-state index is 15.1. The summed E-state index contributed by atoms with van der Waals surface area (Å²) in [5.41, 5.74) is -0.0744. The van der Waals surface area contributed by atoms with Crippen LogP contribution < -0.4 is 0 Å². The molecule has 1 fully saturated rings. The third-order valence-electron chi connectivity index (χ3n) is 7.80. The van der Waals surface area contributed by atoms with E-state index in [0.29, 0.717) is 16.7 Å². The van der Waals surface area contributed by atoms with Gasteiger partial charge in [0.2, 0.25) is 27.8 Å². The molecular weight excluding hydrogens is 498 g/mol. The summed E-state index contributed by atoms with van der Waals surface area (Å²) in [5.74, 6) is -6.24. The Hall–Kier alpha value is -3.01. The van der Waals surface area contributed by atoms with Gasteiger partial charge in [-0.05, 0) is 41.1 Å². The fraction of sp³-hybridized carbons (Fsp3) is 0.273. The number of halogens is 3. The van der Waals surface area contributed by atoms with Crippen molar-refractivity contribution in [3.8, 4) is 0 Å². The SMILES string of the molecule is BN1C(=O)CC[C@](B)(N2Cc3cc(C(B)(B)N(B)C(=O)C(F)(F)c4ccc(Cl)cc4)ccc3C2=O)C1=O. The maximum atomic E-state index is 15.1. The summed E-state index contributed by atoms with van der Waals surface area (Å²) in [5, 5.41) is -0.875. The van der Waals surface area contributed by atoms with Crippen LogP contribution in [0.4, 0.5) is 8.78 Å². The summed E-state index contributed by atoms with van der Waals surface area (Å²) in [6, 6.07) is 9.78. The number of rotatable bonds is 5. The number of amides is 4. The molecule has 2 aromatic carbocycles. The molecule has 15 heteroatoms. The van der Waals surface area contributed by atoms with Crippen molar-refractivity contribution in [2.24, 2.45) is 0 Å². The van der Waals surface area contributed by atoms with Crippen LogP contribution >= 0.6 is 11.6 Å². The van der Waals surface area contributed by atoms with Gasteiger partial charge in [-0.1, -0.05) is 35.9 Å². The van der Waals surface area contributed by atoms with Crippen molar-refractivity contribution in [1.29, 1.82) is 0 Å². The van der Waals surface area contributed by atoms with Gasteiger partial charge in [-0.15, -0.1) is 0 Å². The molecule has 0 spiro atoms. The minimum absolute atomic E-state index is 0.126. The first-order valence-electron chi connectivity index (χ1n) is 11.8. The molecule has 2 aliphatic heterocycles. The molecule has 1 saturated heterocycles. The van der Waals surface area contributed by atoms with Gasteiger partial charge in [-0.2, -0.15) is 8.78 Å². The largest absolute Gasteiger partial charge is 0.393 e. The number of fused-ring (bicyclic) bond motifs is 1. The fourth-order valence-electron chi connectivity index (χ4n) is 4.89. The second-order valence-electron chi connectivity index (χ2n) is 10.3. The minimum atomic E-state index is -3.78. The molecule has 1 atom stereocenters. The number of carbonyl (C=O) groups is 4. The molecule has 0 unspecified atom stereocenters. The molecule has 0 radical (unpaired) electrons. The van der Waals surface area contributed by atoms with E-state index in [1.54, 1.807) is 41.7 Å². The van der Waals surface area contributed by atoms with Gasteiger partial charge in [-0.3, -0.25) is 19.2 Å². The van der Waals surface area contributed by atoms with Gasteiger partial charge < -0.3 is 14.5 Å². The zero-order chi connectivity index (χ0) is 27.5. The van der Waals surface area contributed by atoms with Crippen molar-refractivity contribution in [2.75, 3.05) is 0 Å². The normalized spacial score (nSPS) is 20.2. The van der Waals surface area contributed by atoms with E-state index in [-0.39, 0.29) is 36.2 Å². The summed E-state index contributed by atoms with van der Waals surface area (Å²) in [6.07, 6.45) is 0.357. The van der Waals surface area contributed by atoms with Crippen molar-refractivity contribution in [2.45, 2.75) is 36.1 Å². The van der Waals surface area contributed by atoms with Gasteiger partial charge in [0.05, 0.1) is 5.44 Å². The molecule has 0 N–H and O–H groups in total. The van der Waals surface area contributed by atoms with E-state index in [1.807, 2.05) is 0 Å². The van der Waals surface area contributed by atoms with Gasteiger partial charge in [-0.25, -0.2) is 0 Å². The first kappa shape index (κ1) is 27.0. The van der Waals surface area contributed by atoms with E-state index in [0.717, 1.165) is 21.8 Å². The summed E-state index contributed by atoms with van der Waals surface area (Å²) in [4.78, 5) is 54.6. The first-order chi connectivity index (χ1) is 17.1. The third kappa shape index (κ3) is 4.29. The molecule has 0 bridgehead atoms. The Balaban J connectivity index is 1.61. The Morgan fingerprint density at radius 2 is 1.65 bits per heavy atom. The Morgan fingerprint density at radius 1 is 1.05 bits per heavy atom. The Kier molecular flexibility index (Phi) is 6.63. The molecule has 186 valence electrons. The monoisotopic (exact) mass is 521 g/mol. The Bertz CT molecular complexity index is 1330. The van der Waals surface area contributed by atoms with Crippen molar-refractivity contribution in [1.82, 2.24) is 14.5 Å². The van der Waals surface area contributed by atoms with E-state index in [9.17, 15) is 19.2 Å². The molecule has 2 aromatic rings. The molecule has 7 nitrogen and oxygen atoms in total. The zero-order valence-electron chi connectivity index (χ0n) is 21.3. The number of imide groups is 1. The number of benzene rings is 2. The highest BCUT2D eigenvalue weighted by molar-refractivity contribution is 6.43. The van der Waals surface area contributed by atoms with Crippen LogP contribution in [0.3, 0.4) is 0 Å². The highest BCUT2D eigenvalue weighted by Gasteiger charge is 2.50. The smallest absolute Gasteiger partial charge is 0.348 e. The van der Waals surface area contributed by atoms with Gasteiger partial charge in [0, 0.05) is 29.1 Å². The number of nitrogens with zero attached hydrogens (tertiary/aromatic N) is 3. The van der Waals surface area contributed by atoms with Crippen LogP contribution in [0.1, 0.15) is 39.9 Å². The number of alkyl halides is 2. The van der Waals surface area contributed by atoms with Crippen molar-refractivity contribution in [3.63, 3.8) is 0 Å². The van der Waals surface area contributed by atoms with Crippen LogP contribution in [0.15, 0.2) is 42.5 Å². The summed E-state index contributed by atoms with van der Waals surface area (Å²) in [6.45, 7) is 0.126. The zero-order valence-corrected chi connectivity index (χ0v) is 22.0. The van der Waals surface area contributed by atoms with E-state index >= 15 is 8.78 Å². The number of carbonyl (C=O) groups excluding carboxylic acids is 4. The number of hydrogen-bond donors (Lipinski definition) is 0. The molecule has 2 heterocycles.